The Morgan fingerprint density at radius 2 is 0.545 bits per heavy atom. The van der Waals surface area contributed by atoms with Crippen molar-refractivity contribution in [3.63, 3.8) is 0 Å². The predicted molar refractivity (Wildman–Crippen MR) is 494 cm³/mol. The minimum absolute atomic E-state index is 0. The van der Waals surface area contributed by atoms with E-state index in [1.165, 1.54) is 294 Å². The first-order valence-corrected chi connectivity index (χ1v) is 52.4. The van der Waals surface area contributed by atoms with E-state index in [1.54, 1.807) is 0 Å². The molecule has 2 atom stereocenters. The normalized spacial score (nSPS) is 16.0. The van der Waals surface area contributed by atoms with E-state index in [0.29, 0.717) is 17.8 Å². The van der Waals surface area contributed by atoms with Gasteiger partial charge in [-0.1, -0.05) is 188 Å². The summed E-state index contributed by atoms with van der Waals surface area (Å²) in [7, 11) is -5.50. The van der Waals surface area contributed by atoms with E-state index in [-0.39, 0.29) is 267 Å². The van der Waals surface area contributed by atoms with Gasteiger partial charge < -0.3 is 66.5 Å². The molecule has 8 aliphatic rings. The Kier molecular flexibility index (Phi) is 120. The fraction of sp³-hybridized carbons (Fsp3) is 0.722. The van der Waals surface area contributed by atoms with Gasteiger partial charge in [0.25, 0.3) is 0 Å². The Balaban J connectivity index is -0.0000000850. The molecule has 0 bridgehead atoms. The van der Waals surface area contributed by atoms with Crippen LogP contribution in [-0.4, -0.2) is 287 Å². The van der Waals surface area contributed by atoms with Gasteiger partial charge in [-0.15, -0.1) is 24.8 Å². The van der Waals surface area contributed by atoms with Crippen molar-refractivity contribution < 1.29 is 83.7 Å². The molecule has 3 heterocycles. The maximum absolute atomic E-state index is 5.98. The third-order valence-electron chi connectivity index (χ3n) is 20.1. The second-order valence-electron chi connectivity index (χ2n) is 29.7. The molecule has 31 heteroatoms. The van der Waals surface area contributed by atoms with Gasteiger partial charge in [0.15, 0.2) is 0 Å². The van der Waals surface area contributed by atoms with Crippen LogP contribution in [0.25, 0.3) is 0 Å². The standard InChI is InChI=1S/C22H37N3Si.2C14H23N3O2Si.3C5H10.2C4H8.6CH3.3Fe.4In.4H2O.4Sn.12H/c1-18(2)15-26(16-19(3)4,17-20(5)6)13-9-12-25-14-22(23-24-25)21-10-7-8-11-21;2*1-12(2)11-20(18,19)9-5-8-17-10-14(15-16-17)13-6-3-4-7-13;3*1-2-4-5-3-1;2*1-2-4-3-1;;;;;;;;;;;;;;;;;;;;;;;;;;;;;;;;;/h14,21H,1,3,5,7-13,15-17H2,2,4,6H3;2*10,13H,1,3-9,11H2,2H3;3*1-5H2;2*1-4H2;6*1H3;;;;;;;;4*1H2;;;;;;;;;;;;;;;;/q;2*-2;;;;;;6*-1;3*+2;;;2*+1;;;;;;;2*+1;;;;;;;;;;;;. The molecular weight excluding hydrogens is 2390 g/mol. The number of hydrogen-bond donors (Lipinski definition) is 0. The molecule has 8 aliphatic carbocycles. The summed E-state index contributed by atoms with van der Waals surface area (Å²) in [6.07, 6.45) is 59.9. The van der Waals surface area contributed by atoms with Gasteiger partial charge in [-0.05, 0) is 58.2 Å². The zero-order chi connectivity index (χ0) is 67.4. The molecule has 11 rings (SSSR count). The summed E-state index contributed by atoms with van der Waals surface area (Å²) >= 11 is 2.05. The van der Waals surface area contributed by atoms with E-state index in [0.717, 1.165) is 109 Å². The van der Waals surface area contributed by atoms with E-state index >= 15 is 0 Å². The van der Waals surface area contributed by atoms with Crippen molar-refractivity contribution in [3.8, 4) is 0 Å². The second-order valence-corrected chi connectivity index (χ2v) is 52.0. The van der Waals surface area contributed by atoms with Crippen molar-refractivity contribution in [1.29, 1.82) is 0 Å². The fourth-order valence-corrected chi connectivity index (χ4v) is 47.0. The Morgan fingerprint density at radius 3 is 0.709 bits per heavy atom. The monoisotopic (exact) mass is 2560 g/mol. The number of rotatable bonds is 29. The van der Waals surface area contributed by atoms with E-state index in [9.17, 15) is 0 Å². The number of allylic oxidation sites excluding steroid dienone is 5. The SMILES string of the molecule is C1CCC1.C1CCC1.C1CCCC1.C1CCCC1.C1CCCC1.C=C(C)C[Si](CCCn1cc(C2CCCC2)nn1)(CC(=C)C)CC(=C)C.C=C(C)C[Si](CCCn1cc(C2CCCC2)nn1)([O][InH2])[O][SnH].C=C(C)C[Si](CCCn1cc(C2CCCC2)nn1)([O][InH2])[O][SnH].O.O.O.O.[CH3-].[CH3-].[CH3-].[CH3-].[CH3-].[CH3-].[Fe+2].[Fe+2].[Fe+2].[InH2].[InH2].[SnH].[SnH]. The van der Waals surface area contributed by atoms with Gasteiger partial charge in [-0.25, -0.2) is 0 Å². The minimum atomic E-state index is -1.99. The number of aromatic nitrogens is 9. The molecule has 110 heavy (non-hydrogen) atoms. The summed E-state index contributed by atoms with van der Waals surface area (Å²) < 4.78 is 29.8. The second kappa shape index (κ2) is 89.9. The van der Waals surface area contributed by atoms with E-state index in [4.69, 9.17) is 10.6 Å². The first kappa shape index (κ1) is 146. The quantitative estimate of drug-likeness (QED) is 0.0361. The van der Waals surface area contributed by atoms with Gasteiger partial charge in [0.05, 0.1) is 13.8 Å². The Hall–Kier alpha value is 4.68. The molecule has 0 aliphatic heterocycles. The van der Waals surface area contributed by atoms with Crippen molar-refractivity contribution in [2.75, 3.05) is 0 Å². The molecule has 3 aromatic heterocycles. The molecule has 0 spiro atoms. The topological polar surface area (TPSA) is 255 Å². The molecule has 17 nitrogen and oxygen atoms in total. The van der Waals surface area contributed by atoms with Gasteiger partial charge in [0.2, 0.25) is 0 Å². The molecule has 0 saturated heterocycles. The molecule has 8 N–H and O–H groups in total. The van der Waals surface area contributed by atoms with Crippen LogP contribution in [0.4, 0.5) is 0 Å². The van der Waals surface area contributed by atoms with Gasteiger partial charge >= 0.3 is 479 Å². The summed E-state index contributed by atoms with van der Waals surface area (Å²) in [6.45, 7) is 34.2. The van der Waals surface area contributed by atoms with Crippen molar-refractivity contribution in [3.05, 3.63) is 141 Å². The van der Waals surface area contributed by atoms with E-state index in [1.807, 2.05) is 9.36 Å². The molecule has 8 fully saturated rings. The van der Waals surface area contributed by atoms with Crippen LogP contribution in [0.1, 0.15) is 313 Å². The van der Waals surface area contributed by atoms with Crippen molar-refractivity contribution in [2.45, 2.75) is 364 Å². The van der Waals surface area contributed by atoms with Crippen LogP contribution in [0, 0.1) is 44.6 Å². The zero-order valence-corrected chi connectivity index (χ0v) is 116. The van der Waals surface area contributed by atoms with Crippen LogP contribution in [0.5, 0.6) is 0 Å². The van der Waals surface area contributed by atoms with Crippen LogP contribution in [-0.2, 0) is 81.5 Å². The molecule has 3 aromatic rings. The van der Waals surface area contributed by atoms with Gasteiger partial charge in [0, 0.05) is 18.7 Å². The predicted octanol–water partition coefficient (Wildman–Crippen LogP) is 15.2. The summed E-state index contributed by atoms with van der Waals surface area (Å²) in [6, 6.07) is 8.75. The van der Waals surface area contributed by atoms with E-state index in [2.05, 4.69) is 122 Å². The average molecular weight is 2560 g/mol. The third kappa shape index (κ3) is 66.2. The number of nitrogens with zero attached hydrogens (tertiary/aromatic N) is 9. The van der Waals surface area contributed by atoms with Crippen LogP contribution in [0.2, 0.25) is 48.4 Å². The van der Waals surface area contributed by atoms with E-state index < -0.39 is 25.2 Å². The average Bonchev–Trinajstić information content (AvgIpc) is 1.85. The van der Waals surface area contributed by atoms with Crippen LogP contribution >= 0.6 is 0 Å². The molecule has 0 aromatic carbocycles. The molecule has 640 valence electrons. The zero-order valence-electron chi connectivity index (χ0n) is 73.2. The molecule has 0 amide bonds. The third-order valence-corrected chi connectivity index (χ3v) is 52.5. The molecular formula is C79H167Fe3In4N9O8Si3Sn4. The fourth-order valence-electron chi connectivity index (χ4n) is 14.4. The van der Waals surface area contributed by atoms with Crippen molar-refractivity contribution in [1.82, 2.24) is 45.0 Å². The Morgan fingerprint density at radius 1 is 0.364 bits per heavy atom. The van der Waals surface area contributed by atoms with Crippen LogP contribution < -0.4 is 0 Å². The van der Waals surface area contributed by atoms with Crippen molar-refractivity contribution >= 4 is 220 Å². The van der Waals surface area contributed by atoms with Crippen LogP contribution in [0.15, 0.2) is 79.4 Å². The Bertz CT molecular complexity index is 2340. The summed E-state index contributed by atoms with van der Waals surface area (Å²) in [5.41, 5.74) is 9.86. The maximum atomic E-state index is 5.98. The first-order valence-electron chi connectivity index (χ1n) is 37.7. The summed E-state index contributed by atoms with van der Waals surface area (Å²) in [5.74, 6) is 1.93. The summed E-state index contributed by atoms with van der Waals surface area (Å²) in [5, 5.41) is 26.2. The summed E-state index contributed by atoms with van der Waals surface area (Å²) in [4.78, 5) is 0. The number of aryl methyl sites for hydroxylation is 3. The Labute approximate surface area is 842 Å². The van der Waals surface area contributed by atoms with Gasteiger partial charge in [-0.3, -0.25) is 4.68 Å². The van der Waals surface area contributed by atoms with Gasteiger partial charge in [-0.2, -0.15) is 0 Å². The van der Waals surface area contributed by atoms with Gasteiger partial charge in [0.1, 0.15) is 0 Å². The molecule has 12 radical (unpaired) electrons. The van der Waals surface area contributed by atoms with Crippen molar-refractivity contribution in [2.24, 2.45) is 0 Å². The molecule has 8 saturated carbocycles. The number of hydrogen-bond acceptors (Lipinski definition) is 10. The van der Waals surface area contributed by atoms with Crippen LogP contribution in [0.3, 0.4) is 0 Å². The first-order chi connectivity index (χ1) is 45.0. The molecule has 2 unspecified atom stereocenters.